The second kappa shape index (κ2) is 5.86. The van der Waals surface area contributed by atoms with Crippen LogP contribution in [0.1, 0.15) is 10.4 Å². The fourth-order valence-electron chi connectivity index (χ4n) is 2.30. The molecule has 0 spiro atoms. The molecule has 0 radical (unpaired) electrons. The number of benzene rings is 3. The van der Waals surface area contributed by atoms with Crippen molar-refractivity contribution in [1.29, 1.82) is 0 Å². The number of hydrogen-bond donors (Lipinski definition) is 3. The number of hydrogen-bond acceptors (Lipinski definition) is 5. The summed E-state index contributed by atoms with van der Waals surface area (Å²) in [5.41, 5.74) is -0.143. The Kier molecular flexibility index (Phi) is 3.86. The minimum Gasteiger partial charge on any atom is -0.508 e. The highest BCUT2D eigenvalue weighted by molar-refractivity contribution is 7.90. The summed E-state index contributed by atoms with van der Waals surface area (Å²) in [6.07, 6.45) is 0. The number of rotatable bonds is 3. The van der Waals surface area contributed by atoms with Crippen molar-refractivity contribution >= 4 is 26.7 Å². The van der Waals surface area contributed by atoms with Gasteiger partial charge in [-0.15, -0.1) is 0 Å². The molecule has 0 aliphatic heterocycles. The largest absolute Gasteiger partial charge is 0.508 e. The summed E-state index contributed by atoms with van der Waals surface area (Å²) in [7, 11) is -4.12. The molecular formula is C17H13NO5S. The predicted molar refractivity (Wildman–Crippen MR) is 88.4 cm³/mol. The predicted octanol–water partition coefficient (Wildman–Crippen LogP) is 2.37. The highest BCUT2D eigenvalue weighted by Crippen LogP contribution is 2.28. The first kappa shape index (κ1) is 15.8. The Morgan fingerprint density at radius 2 is 1.54 bits per heavy atom. The smallest absolute Gasteiger partial charge is 0.268 e. The Balaban J connectivity index is 1.95. The Labute approximate surface area is 138 Å². The summed E-state index contributed by atoms with van der Waals surface area (Å²) in [5, 5.41) is 20.6. The van der Waals surface area contributed by atoms with E-state index in [2.05, 4.69) is 0 Å². The molecule has 0 fully saturated rings. The van der Waals surface area contributed by atoms with Crippen molar-refractivity contribution in [2.24, 2.45) is 0 Å². The minimum absolute atomic E-state index is 0.0903. The van der Waals surface area contributed by atoms with E-state index in [1.54, 1.807) is 30.3 Å². The maximum atomic E-state index is 12.3. The van der Waals surface area contributed by atoms with Crippen molar-refractivity contribution in [3.05, 3.63) is 66.2 Å². The molecule has 0 atom stereocenters. The lowest BCUT2D eigenvalue weighted by Crippen LogP contribution is -2.30. The lowest BCUT2D eigenvalue weighted by atomic mass is 10.1. The van der Waals surface area contributed by atoms with Gasteiger partial charge in [0.25, 0.3) is 15.9 Å². The van der Waals surface area contributed by atoms with Gasteiger partial charge in [-0.25, -0.2) is 13.1 Å². The quantitative estimate of drug-likeness (QED) is 0.677. The van der Waals surface area contributed by atoms with Gasteiger partial charge in [-0.2, -0.15) is 0 Å². The number of carbonyl (C=O) groups is 1. The molecular weight excluding hydrogens is 330 g/mol. The minimum atomic E-state index is -4.12. The zero-order valence-electron chi connectivity index (χ0n) is 12.3. The van der Waals surface area contributed by atoms with Crippen molar-refractivity contribution in [3.8, 4) is 11.5 Å². The third kappa shape index (κ3) is 2.89. The van der Waals surface area contributed by atoms with E-state index in [1.807, 2.05) is 4.72 Å². The van der Waals surface area contributed by atoms with Crippen LogP contribution in [0.5, 0.6) is 11.5 Å². The Morgan fingerprint density at radius 3 is 2.25 bits per heavy atom. The van der Waals surface area contributed by atoms with Gasteiger partial charge in [0.2, 0.25) is 0 Å². The van der Waals surface area contributed by atoms with E-state index in [4.69, 9.17) is 0 Å². The molecule has 1 amide bonds. The molecule has 3 aromatic carbocycles. The fourth-order valence-corrected chi connectivity index (χ4v) is 3.27. The van der Waals surface area contributed by atoms with Crippen LogP contribution >= 0.6 is 0 Å². The maximum Gasteiger partial charge on any atom is 0.268 e. The average Bonchev–Trinajstić information content (AvgIpc) is 2.55. The standard InChI is InChI=1S/C17H13NO5S/c19-12-6-8-13(9-7-12)24(22,23)18-17(21)15-10-5-11-3-1-2-4-14(11)16(15)20/h1-10,19-20H,(H,18,21). The normalized spacial score (nSPS) is 11.3. The number of aromatic hydroxyl groups is 2. The number of carbonyl (C=O) groups excluding carboxylic acids is 1. The third-order valence-electron chi connectivity index (χ3n) is 3.52. The zero-order chi connectivity index (χ0) is 17.3. The summed E-state index contributed by atoms with van der Waals surface area (Å²) < 4.78 is 26.3. The first-order valence-electron chi connectivity index (χ1n) is 6.95. The van der Waals surface area contributed by atoms with E-state index >= 15 is 0 Å². The zero-order valence-corrected chi connectivity index (χ0v) is 13.1. The number of amides is 1. The molecule has 0 aromatic heterocycles. The summed E-state index contributed by atoms with van der Waals surface area (Å²) in [4.78, 5) is 12.1. The molecule has 3 N–H and O–H groups in total. The van der Waals surface area contributed by atoms with E-state index in [0.29, 0.717) is 5.39 Å². The van der Waals surface area contributed by atoms with Crippen LogP contribution in [0.15, 0.2) is 65.6 Å². The van der Waals surface area contributed by atoms with Gasteiger partial charge in [0, 0.05) is 5.39 Å². The number of phenolic OH excluding ortho intramolecular Hbond substituents is 2. The molecule has 0 saturated heterocycles. The van der Waals surface area contributed by atoms with Crippen molar-refractivity contribution in [2.45, 2.75) is 4.90 Å². The summed E-state index contributed by atoms with van der Waals surface area (Å²) in [6.45, 7) is 0. The molecule has 0 bridgehead atoms. The van der Waals surface area contributed by atoms with Crippen molar-refractivity contribution in [1.82, 2.24) is 4.72 Å². The Hall–Kier alpha value is -3.06. The van der Waals surface area contributed by atoms with E-state index < -0.39 is 15.9 Å². The van der Waals surface area contributed by atoms with Gasteiger partial charge in [0.05, 0.1) is 10.5 Å². The first-order valence-corrected chi connectivity index (χ1v) is 8.44. The van der Waals surface area contributed by atoms with Crippen molar-refractivity contribution in [2.75, 3.05) is 0 Å². The average molecular weight is 343 g/mol. The highest BCUT2D eigenvalue weighted by atomic mass is 32.2. The molecule has 3 aromatic rings. The molecule has 122 valence electrons. The highest BCUT2D eigenvalue weighted by Gasteiger charge is 2.21. The van der Waals surface area contributed by atoms with E-state index in [1.165, 1.54) is 30.3 Å². The van der Waals surface area contributed by atoms with Gasteiger partial charge in [0.15, 0.2) is 0 Å². The first-order chi connectivity index (χ1) is 11.4. The molecule has 0 unspecified atom stereocenters. The third-order valence-corrected chi connectivity index (χ3v) is 4.87. The molecule has 6 nitrogen and oxygen atoms in total. The fraction of sp³-hybridized carbons (Fsp3) is 0. The monoisotopic (exact) mass is 343 g/mol. The Morgan fingerprint density at radius 1 is 0.875 bits per heavy atom. The van der Waals surface area contributed by atoms with Gasteiger partial charge in [-0.1, -0.05) is 30.3 Å². The van der Waals surface area contributed by atoms with Crippen molar-refractivity contribution in [3.63, 3.8) is 0 Å². The van der Waals surface area contributed by atoms with Crippen LogP contribution in [0.25, 0.3) is 10.8 Å². The van der Waals surface area contributed by atoms with Gasteiger partial charge in [-0.05, 0) is 35.7 Å². The maximum absolute atomic E-state index is 12.3. The van der Waals surface area contributed by atoms with Crippen LogP contribution in [-0.4, -0.2) is 24.5 Å². The Bertz CT molecular complexity index is 1030. The number of phenols is 2. The summed E-state index contributed by atoms with van der Waals surface area (Å²) >= 11 is 0. The molecule has 24 heavy (non-hydrogen) atoms. The molecule has 7 heteroatoms. The number of nitrogens with one attached hydrogen (secondary N) is 1. The van der Waals surface area contributed by atoms with Gasteiger partial charge >= 0.3 is 0 Å². The van der Waals surface area contributed by atoms with Crippen molar-refractivity contribution < 1.29 is 23.4 Å². The lowest BCUT2D eigenvalue weighted by molar-refractivity contribution is 0.0979. The SMILES string of the molecule is O=C(NS(=O)(=O)c1ccc(O)cc1)c1ccc2ccccc2c1O. The van der Waals surface area contributed by atoms with Crippen LogP contribution in [-0.2, 0) is 10.0 Å². The summed E-state index contributed by atoms with van der Waals surface area (Å²) in [6, 6.07) is 14.6. The van der Waals surface area contributed by atoms with E-state index in [0.717, 1.165) is 5.39 Å². The van der Waals surface area contributed by atoms with Crippen LogP contribution in [0.2, 0.25) is 0 Å². The molecule has 0 aliphatic carbocycles. The molecule has 3 rings (SSSR count). The molecule has 0 heterocycles. The molecule has 0 aliphatic rings. The lowest BCUT2D eigenvalue weighted by Gasteiger charge is -2.10. The topological polar surface area (TPSA) is 104 Å². The van der Waals surface area contributed by atoms with Crippen LogP contribution in [0.4, 0.5) is 0 Å². The van der Waals surface area contributed by atoms with Crippen LogP contribution < -0.4 is 4.72 Å². The van der Waals surface area contributed by atoms with Gasteiger partial charge in [-0.3, -0.25) is 4.79 Å². The number of fused-ring (bicyclic) bond motifs is 1. The van der Waals surface area contributed by atoms with E-state index in [9.17, 15) is 23.4 Å². The van der Waals surface area contributed by atoms with E-state index in [-0.39, 0.29) is 22.0 Å². The second-order valence-corrected chi connectivity index (χ2v) is 6.79. The summed E-state index contributed by atoms with van der Waals surface area (Å²) in [5.74, 6) is -1.31. The van der Waals surface area contributed by atoms with Crippen LogP contribution in [0.3, 0.4) is 0 Å². The number of sulfonamides is 1. The van der Waals surface area contributed by atoms with Crippen LogP contribution in [0, 0.1) is 0 Å². The molecule has 0 saturated carbocycles. The van der Waals surface area contributed by atoms with Gasteiger partial charge < -0.3 is 10.2 Å². The second-order valence-electron chi connectivity index (χ2n) is 5.11. The van der Waals surface area contributed by atoms with Gasteiger partial charge in [0.1, 0.15) is 11.5 Å².